The molecule has 2 aromatic carbocycles. The molecule has 0 saturated carbocycles. The summed E-state index contributed by atoms with van der Waals surface area (Å²) in [5.41, 5.74) is 0. The maximum Gasteiger partial charge on any atom is 0.425 e. The summed E-state index contributed by atoms with van der Waals surface area (Å²) >= 11 is -1.49. The molecular formula is C16H12F6O6S. The second-order valence-electron chi connectivity index (χ2n) is 5.40. The maximum atomic E-state index is 13.1. The third-order valence-corrected chi connectivity index (χ3v) is 4.59. The van der Waals surface area contributed by atoms with Crippen molar-refractivity contribution in [3.05, 3.63) is 42.5 Å². The normalized spacial score (nSPS) is 12.8. The number of carbonyl (C=O) groups is 1. The molecule has 29 heavy (non-hydrogen) atoms. The van der Waals surface area contributed by atoms with Crippen LogP contribution in [0.1, 0.15) is 0 Å². The molecule has 0 aromatic heterocycles. The van der Waals surface area contributed by atoms with Gasteiger partial charge in [0.05, 0.1) is 12.0 Å². The summed E-state index contributed by atoms with van der Waals surface area (Å²) in [5.74, 6) is -2.44. The summed E-state index contributed by atoms with van der Waals surface area (Å²) < 4.78 is 85.9. The first-order valence-electron chi connectivity index (χ1n) is 7.61. The Kier molecular flexibility index (Phi) is 7.21. The fraction of sp³-hybridized carbons (Fsp3) is 0.312. The summed E-state index contributed by atoms with van der Waals surface area (Å²) in [4.78, 5) is 11.7. The van der Waals surface area contributed by atoms with E-state index in [1.165, 1.54) is 6.07 Å². The quantitative estimate of drug-likeness (QED) is 0.157. The maximum absolute atomic E-state index is 13.1. The summed E-state index contributed by atoms with van der Waals surface area (Å²) in [6, 6.07) is 12.0. The van der Waals surface area contributed by atoms with Crippen LogP contribution in [0, 0.1) is 0 Å². The van der Waals surface area contributed by atoms with Crippen molar-refractivity contribution in [2.75, 3.05) is 13.2 Å². The summed E-state index contributed by atoms with van der Waals surface area (Å²) in [7, 11) is 0. The van der Waals surface area contributed by atoms with Gasteiger partial charge in [-0.15, -0.1) is 4.33 Å². The molecule has 0 spiro atoms. The number of halogens is 6. The lowest BCUT2D eigenvalue weighted by atomic mass is 10.1. The van der Waals surface area contributed by atoms with Gasteiger partial charge in [0.2, 0.25) is 0 Å². The molecule has 2 aromatic rings. The third-order valence-electron chi connectivity index (χ3n) is 3.58. The largest absolute Gasteiger partial charge is 0.490 e. The Labute approximate surface area is 163 Å². The Hall–Kier alpha value is -2.22. The molecule has 0 saturated heterocycles. The number of hydrogen-bond acceptors (Lipinski definition) is 7. The molecule has 0 radical (unpaired) electrons. The first-order valence-corrected chi connectivity index (χ1v) is 8.35. The van der Waals surface area contributed by atoms with Crippen LogP contribution in [0.5, 0.6) is 5.75 Å². The van der Waals surface area contributed by atoms with Crippen molar-refractivity contribution in [2.45, 2.75) is 17.1 Å². The monoisotopic (exact) mass is 446 g/mol. The number of hydrogen-bond donors (Lipinski definition) is 1. The molecular weight excluding hydrogens is 434 g/mol. The third kappa shape index (κ3) is 5.04. The zero-order valence-corrected chi connectivity index (χ0v) is 14.9. The van der Waals surface area contributed by atoms with Crippen LogP contribution in [-0.2, 0) is 18.9 Å². The predicted octanol–water partition coefficient (Wildman–Crippen LogP) is 4.69. The molecule has 6 nitrogen and oxygen atoms in total. The SMILES string of the molecule is O=C(OCCOc1ccc2ccccc2c1)C(SOOO)(C(F)(F)F)C(F)(F)F. The number of esters is 1. The zero-order valence-electron chi connectivity index (χ0n) is 14.1. The number of ether oxygens (including phenoxy) is 2. The first-order chi connectivity index (χ1) is 13.5. The summed E-state index contributed by atoms with van der Waals surface area (Å²) in [5, 5.41) is 12.4. The van der Waals surface area contributed by atoms with Gasteiger partial charge in [-0.3, -0.25) is 0 Å². The molecule has 2 rings (SSSR count). The molecule has 0 fully saturated rings. The standard InChI is InChI=1S/C16H12F6O6S/c17-15(18,19)14(16(20,21)22,29-28-27-24)13(23)26-8-7-25-12-6-5-10-3-1-2-4-11(10)9-12/h1-6,9,24H,7-8H2. The summed E-state index contributed by atoms with van der Waals surface area (Å²) in [6.45, 7) is -1.43. The van der Waals surface area contributed by atoms with E-state index in [2.05, 4.69) is 14.1 Å². The van der Waals surface area contributed by atoms with Gasteiger partial charge < -0.3 is 9.47 Å². The Bertz CT molecular complexity index is 826. The summed E-state index contributed by atoms with van der Waals surface area (Å²) in [6.07, 6.45) is -12.4. The van der Waals surface area contributed by atoms with E-state index in [0.29, 0.717) is 0 Å². The average Bonchev–Trinajstić information content (AvgIpc) is 2.63. The van der Waals surface area contributed by atoms with Crippen molar-refractivity contribution in [1.82, 2.24) is 0 Å². The van der Waals surface area contributed by atoms with Gasteiger partial charge in [0.15, 0.2) is 0 Å². The van der Waals surface area contributed by atoms with Gasteiger partial charge in [-0.05, 0) is 22.9 Å². The Morgan fingerprint density at radius 3 is 2.14 bits per heavy atom. The van der Waals surface area contributed by atoms with Gasteiger partial charge in [-0.25, -0.2) is 10.1 Å². The molecule has 1 N–H and O–H groups in total. The highest BCUT2D eigenvalue weighted by Gasteiger charge is 2.79. The van der Waals surface area contributed by atoms with Gasteiger partial charge in [0.1, 0.15) is 19.0 Å². The lowest BCUT2D eigenvalue weighted by molar-refractivity contribution is -0.434. The molecule has 0 bridgehead atoms. The van der Waals surface area contributed by atoms with E-state index < -0.39 is 48.3 Å². The Morgan fingerprint density at radius 1 is 0.931 bits per heavy atom. The molecule has 0 atom stereocenters. The van der Waals surface area contributed by atoms with Crippen molar-refractivity contribution in [2.24, 2.45) is 0 Å². The second-order valence-corrected chi connectivity index (χ2v) is 6.31. The molecule has 0 unspecified atom stereocenters. The van der Waals surface area contributed by atoms with E-state index in [-0.39, 0.29) is 5.75 Å². The zero-order chi connectivity index (χ0) is 21.7. The topological polar surface area (TPSA) is 74.2 Å². The van der Waals surface area contributed by atoms with Crippen LogP contribution in [0.3, 0.4) is 0 Å². The number of alkyl halides is 6. The molecule has 0 aliphatic heterocycles. The molecule has 0 aliphatic carbocycles. The van der Waals surface area contributed by atoms with Crippen molar-refractivity contribution >= 4 is 28.8 Å². The molecule has 0 aliphatic rings. The van der Waals surface area contributed by atoms with Crippen molar-refractivity contribution in [3.8, 4) is 5.75 Å². The molecule has 0 amide bonds. The van der Waals surface area contributed by atoms with Crippen LogP contribution in [0.2, 0.25) is 0 Å². The van der Waals surface area contributed by atoms with Crippen LogP contribution < -0.4 is 4.74 Å². The molecule has 13 heteroatoms. The lowest BCUT2D eigenvalue weighted by Crippen LogP contribution is -2.60. The highest BCUT2D eigenvalue weighted by molar-refractivity contribution is 7.96. The Balaban J connectivity index is 2.05. The van der Waals surface area contributed by atoms with E-state index in [9.17, 15) is 31.1 Å². The second kappa shape index (κ2) is 9.07. The minimum Gasteiger partial charge on any atom is -0.490 e. The highest BCUT2D eigenvalue weighted by Crippen LogP contribution is 2.53. The molecule has 0 heterocycles. The van der Waals surface area contributed by atoms with E-state index in [1.54, 1.807) is 30.3 Å². The predicted molar refractivity (Wildman–Crippen MR) is 87.6 cm³/mol. The minimum absolute atomic E-state index is 0.268. The average molecular weight is 446 g/mol. The number of fused-ring (bicyclic) bond motifs is 1. The van der Waals surface area contributed by atoms with Gasteiger partial charge in [-0.2, -0.15) is 26.3 Å². The van der Waals surface area contributed by atoms with Crippen LogP contribution in [0.15, 0.2) is 42.5 Å². The smallest absolute Gasteiger partial charge is 0.425 e. The van der Waals surface area contributed by atoms with Crippen LogP contribution in [-0.4, -0.2) is 41.5 Å². The fourth-order valence-corrected chi connectivity index (χ4v) is 2.69. The van der Waals surface area contributed by atoms with Gasteiger partial charge in [-0.1, -0.05) is 35.4 Å². The van der Waals surface area contributed by atoms with Crippen LogP contribution in [0.4, 0.5) is 26.3 Å². The lowest BCUT2D eigenvalue weighted by Gasteiger charge is -2.32. The van der Waals surface area contributed by atoms with Gasteiger partial charge in [0.25, 0.3) is 0 Å². The highest BCUT2D eigenvalue weighted by atomic mass is 32.2. The van der Waals surface area contributed by atoms with Crippen molar-refractivity contribution < 1.29 is 55.2 Å². The van der Waals surface area contributed by atoms with Crippen molar-refractivity contribution in [3.63, 3.8) is 0 Å². The van der Waals surface area contributed by atoms with E-state index in [0.717, 1.165) is 10.8 Å². The van der Waals surface area contributed by atoms with Crippen LogP contribution in [0.25, 0.3) is 10.8 Å². The van der Waals surface area contributed by atoms with Gasteiger partial charge >= 0.3 is 23.1 Å². The number of benzene rings is 2. The van der Waals surface area contributed by atoms with Crippen molar-refractivity contribution in [1.29, 1.82) is 0 Å². The van der Waals surface area contributed by atoms with Crippen LogP contribution >= 0.6 is 12.0 Å². The first kappa shape index (κ1) is 23.1. The van der Waals surface area contributed by atoms with E-state index >= 15 is 0 Å². The fourth-order valence-electron chi connectivity index (χ4n) is 2.24. The molecule has 160 valence electrons. The number of rotatable bonds is 8. The van der Waals surface area contributed by atoms with E-state index in [4.69, 9.17) is 9.99 Å². The van der Waals surface area contributed by atoms with E-state index in [1.807, 2.05) is 6.07 Å². The Morgan fingerprint density at radius 2 is 1.55 bits per heavy atom. The van der Waals surface area contributed by atoms with Gasteiger partial charge in [0, 0.05) is 0 Å². The minimum atomic E-state index is -6.18. The number of carbonyl (C=O) groups excluding carboxylic acids is 1.